The lowest BCUT2D eigenvalue weighted by Gasteiger charge is -2.21. The molecule has 0 saturated heterocycles. The highest BCUT2D eigenvalue weighted by atomic mass is 32.2. The molecule has 96 valence electrons. The standard InChI is InChI=1S/C11H21N5S/c1-11(2,8-12)6-3-7-17-10-13-14-15-16(10)9-4-5-9/h9H,3-8,12H2,1-2H3. The van der Waals surface area contributed by atoms with Gasteiger partial charge in [-0.05, 0) is 48.1 Å². The van der Waals surface area contributed by atoms with Crippen LogP contribution in [0, 0.1) is 5.41 Å². The molecule has 0 bridgehead atoms. The summed E-state index contributed by atoms with van der Waals surface area (Å²) in [6.45, 7) is 5.18. The molecule has 0 aliphatic heterocycles. The number of nitrogens with zero attached hydrogens (tertiary/aromatic N) is 4. The van der Waals surface area contributed by atoms with E-state index in [0.717, 1.165) is 30.3 Å². The smallest absolute Gasteiger partial charge is 0.209 e. The van der Waals surface area contributed by atoms with Gasteiger partial charge in [0.15, 0.2) is 0 Å². The minimum absolute atomic E-state index is 0.253. The molecule has 1 aliphatic rings. The van der Waals surface area contributed by atoms with E-state index < -0.39 is 0 Å². The van der Waals surface area contributed by atoms with E-state index in [1.54, 1.807) is 11.8 Å². The maximum absolute atomic E-state index is 5.71. The average molecular weight is 255 g/mol. The molecule has 1 aromatic rings. The van der Waals surface area contributed by atoms with Gasteiger partial charge in [-0.25, -0.2) is 4.68 Å². The monoisotopic (exact) mass is 255 g/mol. The van der Waals surface area contributed by atoms with E-state index in [4.69, 9.17) is 5.73 Å². The molecule has 1 heterocycles. The predicted molar refractivity (Wildman–Crippen MR) is 68.9 cm³/mol. The van der Waals surface area contributed by atoms with Gasteiger partial charge in [0, 0.05) is 5.75 Å². The van der Waals surface area contributed by atoms with Crippen LogP contribution < -0.4 is 5.73 Å². The molecule has 1 aliphatic carbocycles. The van der Waals surface area contributed by atoms with Crippen molar-refractivity contribution in [3.63, 3.8) is 0 Å². The molecule has 0 spiro atoms. The Morgan fingerprint density at radius 2 is 2.24 bits per heavy atom. The molecule has 1 fully saturated rings. The maximum Gasteiger partial charge on any atom is 0.209 e. The van der Waals surface area contributed by atoms with Gasteiger partial charge < -0.3 is 5.73 Å². The third-order valence-corrected chi connectivity index (χ3v) is 4.16. The van der Waals surface area contributed by atoms with Crippen LogP contribution in [0.4, 0.5) is 0 Å². The molecule has 0 atom stereocenters. The molecule has 0 radical (unpaired) electrons. The Bertz CT molecular complexity index is 358. The number of rotatable bonds is 7. The van der Waals surface area contributed by atoms with Crippen molar-refractivity contribution < 1.29 is 0 Å². The second kappa shape index (κ2) is 5.35. The van der Waals surface area contributed by atoms with E-state index in [0.29, 0.717) is 6.04 Å². The molecule has 0 unspecified atom stereocenters. The molecule has 0 amide bonds. The summed E-state index contributed by atoms with van der Waals surface area (Å²) in [6.07, 6.45) is 4.76. The van der Waals surface area contributed by atoms with E-state index in [9.17, 15) is 0 Å². The summed E-state index contributed by atoms with van der Waals surface area (Å²) >= 11 is 1.76. The van der Waals surface area contributed by atoms with Crippen LogP contribution in [0.15, 0.2) is 5.16 Å². The van der Waals surface area contributed by atoms with E-state index in [-0.39, 0.29) is 5.41 Å². The van der Waals surface area contributed by atoms with Crippen molar-refractivity contribution in [2.24, 2.45) is 11.1 Å². The Kier molecular flexibility index (Phi) is 4.04. The first-order valence-electron chi connectivity index (χ1n) is 6.23. The summed E-state index contributed by atoms with van der Waals surface area (Å²) < 4.78 is 1.97. The minimum atomic E-state index is 0.253. The Morgan fingerprint density at radius 3 is 2.88 bits per heavy atom. The summed E-state index contributed by atoms with van der Waals surface area (Å²) in [5.74, 6) is 1.07. The fourth-order valence-corrected chi connectivity index (χ4v) is 2.53. The predicted octanol–water partition coefficient (Wildman–Crippen LogP) is 1.87. The molecule has 2 rings (SSSR count). The largest absolute Gasteiger partial charge is 0.330 e. The molecule has 2 N–H and O–H groups in total. The minimum Gasteiger partial charge on any atom is -0.330 e. The molecule has 1 aromatic heterocycles. The molecule has 6 heteroatoms. The lowest BCUT2D eigenvalue weighted by atomic mass is 9.88. The Morgan fingerprint density at radius 1 is 1.47 bits per heavy atom. The molecule has 5 nitrogen and oxygen atoms in total. The molecular weight excluding hydrogens is 234 g/mol. The van der Waals surface area contributed by atoms with Crippen molar-refractivity contribution in [1.29, 1.82) is 0 Å². The Hall–Kier alpha value is -0.620. The first kappa shape index (κ1) is 12.8. The highest BCUT2D eigenvalue weighted by Gasteiger charge is 2.27. The van der Waals surface area contributed by atoms with E-state index in [1.165, 1.54) is 12.8 Å². The highest BCUT2D eigenvalue weighted by molar-refractivity contribution is 7.99. The molecule has 0 aromatic carbocycles. The van der Waals surface area contributed by atoms with Gasteiger partial charge in [-0.2, -0.15) is 0 Å². The van der Waals surface area contributed by atoms with Gasteiger partial charge in [0.1, 0.15) is 0 Å². The number of tetrazole rings is 1. The number of hydrogen-bond acceptors (Lipinski definition) is 5. The third kappa shape index (κ3) is 3.67. The van der Waals surface area contributed by atoms with Crippen molar-refractivity contribution >= 4 is 11.8 Å². The lowest BCUT2D eigenvalue weighted by Crippen LogP contribution is -2.23. The van der Waals surface area contributed by atoms with Gasteiger partial charge in [-0.3, -0.25) is 0 Å². The maximum atomic E-state index is 5.71. The van der Waals surface area contributed by atoms with Crippen LogP contribution in [0.5, 0.6) is 0 Å². The average Bonchev–Trinajstić information content (AvgIpc) is 3.05. The molecule has 17 heavy (non-hydrogen) atoms. The second-order valence-corrected chi connectivity index (χ2v) is 6.52. The van der Waals surface area contributed by atoms with E-state index in [1.807, 2.05) is 4.68 Å². The summed E-state index contributed by atoms with van der Waals surface area (Å²) in [4.78, 5) is 0. The second-order valence-electron chi connectivity index (χ2n) is 5.46. The number of aromatic nitrogens is 4. The van der Waals surface area contributed by atoms with Crippen molar-refractivity contribution in [3.05, 3.63) is 0 Å². The van der Waals surface area contributed by atoms with Gasteiger partial charge in [0.05, 0.1) is 6.04 Å². The van der Waals surface area contributed by atoms with Crippen molar-refractivity contribution in [3.8, 4) is 0 Å². The number of thioether (sulfide) groups is 1. The third-order valence-electron chi connectivity index (χ3n) is 3.14. The van der Waals surface area contributed by atoms with Crippen LogP contribution >= 0.6 is 11.8 Å². The van der Waals surface area contributed by atoms with Gasteiger partial charge in [0.25, 0.3) is 0 Å². The van der Waals surface area contributed by atoms with E-state index >= 15 is 0 Å². The Balaban J connectivity index is 1.73. The van der Waals surface area contributed by atoms with Crippen LogP contribution in [0.25, 0.3) is 0 Å². The van der Waals surface area contributed by atoms with Gasteiger partial charge >= 0.3 is 0 Å². The Labute approximate surface area is 107 Å². The fourth-order valence-electron chi connectivity index (χ4n) is 1.64. The molecule has 1 saturated carbocycles. The fraction of sp³-hybridized carbons (Fsp3) is 0.909. The topological polar surface area (TPSA) is 69.6 Å². The highest BCUT2D eigenvalue weighted by Crippen LogP contribution is 2.36. The first-order valence-corrected chi connectivity index (χ1v) is 7.22. The summed E-state index contributed by atoms with van der Waals surface area (Å²) in [6, 6.07) is 0.563. The van der Waals surface area contributed by atoms with Crippen LogP contribution in [0.1, 0.15) is 45.6 Å². The zero-order valence-corrected chi connectivity index (χ0v) is 11.4. The number of nitrogens with two attached hydrogens (primary N) is 1. The van der Waals surface area contributed by atoms with Crippen molar-refractivity contribution in [1.82, 2.24) is 20.2 Å². The van der Waals surface area contributed by atoms with Gasteiger partial charge in [-0.1, -0.05) is 25.6 Å². The van der Waals surface area contributed by atoms with Crippen LogP contribution in [-0.2, 0) is 0 Å². The molecular formula is C11H21N5S. The summed E-state index contributed by atoms with van der Waals surface area (Å²) in [5, 5.41) is 12.8. The quantitative estimate of drug-likeness (QED) is 0.595. The summed E-state index contributed by atoms with van der Waals surface area (Å²) in [7, 11) is 0. The van der Waals surface area contributed by atoms with Crippen LogP contribution in [0.3, 0.4) is 0 Å². The van der Waals surface area contributed by atoms with Gasteiger partial charge in [0.2, 0.25) is 5.16 Å². The zero-order chi connectivity index (χ0) is 12.3. The number of hydrogen-bond donors (Lipinski definition) is 1. The lowest BCUT2D eigenvalue weighted by molar-refractivity contribution is 0.345. The van der Waals surface area contributed by atoms with Crippen LogP contribution in [-0.4, -0.2) is 32.5 Å². The van der Waals surface area contributed by atoms with E-state index in [2.05, 4.69) is 29.4 Å². The normalized spacial score (nSPS) is 16.4. The zero-order valence-electron chi connectivity index (χ0n) is 10.6. The van der Waals surface area contributed by atoms with Crippen molar-refractivity contribution in [2.75, 3.05) is 12.3 Å². The van der Waals surface area contributed by atoms with Gasteiger partial charge in [-0.15, -0.1) is 5.10 Å². The SMILES string of the molecule is CC(C)(CN)CCCSc1nnnn1C1CC1. The summed E-state index contributed by atoms with van der Waals surface area (Å²) in [5.41, 5.74) is 5.96. The van der Waals surface area contributed by atoms with Crippen molar-refractivity contribution in [2.45, 2.75) is 50.7 Å². The first-order chi connectivity index (χ1) is 8.12. The van der Waals surface area contributed by atoms with Crippen LogP contribution in [0.2, 0.25) is 0 Å².